The smallest absolute Gasteiger partial charge is 0.414 e. The van der Waals surface area contributed by atoms with E-state index in [9.17, 15) is 0 Å². The highest BCUT2D eigenvalue weighted by atomic mass is 16.9. The van der Waals surface area contributed by atoms with Gasteiger partial charge >= 0.3 is 5.97 Å². The topological polar surface area (TPSA) is 30.9 Å². The van der Waals surface area contributed by atoms with Gasteiger partial charge in [0.05, 0.1) is 6.92 Å². The molecule has 0 N–H and O–H groups in total. The lowest BCUT2D eigenvalue weighted by Crippen LogP contribution is -2.45. The quantitative estimate of drug-likeness (QED) is 0.503. The second-order valence-corrected chi connectivity index (χ2v) is 7.18. The molecule has 0 unspecified atom stereocenters. The Bertz CT molecular complexity index is 837. The zero-order chi connectivity index (χ0) is 20.1. The van der Waals surface area contributed by atoms with Crippen molar-refractivity contribution >= 4 is 5.69 Å². The van der Waals surface area contributed by atoms with Gasteiger partial charge in [-0.15, -0.1) is 0 Å². The molecule has 0 saturated heterocycles. The van der Waals surface area contributed by atoms with Crippen LogP contribution in [0.1, 0.15) is 18.1 Å². The monoisotopic (exact) mass is 377 g/mol. The second-order valence-electron chi connectivity index (χ2n) is 7.18. The van der Waals surface area contributed by atoms with Crippen molar-refractivity contribution in [2.24, 2.45) is 0 Å². The number of nitrogens with zero attached hydrogens (tertiary/aromatic N) is 1. The van der Waals surface area contributed by atoms with Crippen LogP contribution in [0.15, 0.2) is 72.8 Å². The van der Waals surface area contributed by atoms with Gasteiger partial charge in [-0.05, 0) is 62.4 Å². The van der Waals surface area contributed by atoms with Crippen LogP contribution >= 0.6 is 0 Å². The summed E-state index contributed by atoms with van der Waals surface area (Å²) in [6, 6.07) is 23.4. The van der Waals surface area contributed by atoms with E-state index in [-0.39, 0.29) is 0 Å². The van der Waals surface area contributed by atoms with Crippen LogP contribution in [0, 0.1) is 13.8 Å². The molecule has 0 atom stereocenters. The minimum absolute atomic E-state index is 0.660. The average Bonchev–Trinajstić information content (AvgIpc) is 2.66. The molecule has 3 aromatic carbocycles. The molecule has 0 radical (unpaired) electrons. The largest absolute Gasteiger partial charge is 0.421 e. The van der Waals surface area contributed by atoms with E-state index in [1.165, 1.54) is 0 Å². The van der Waals surface area contributed by atoms with Crippen LogP contribution in [0.25, 0.3) is 0 Å². The molecule has 0 aliphatic rings. The van der Waals surface area contributed by atoms with Crippen molar-refractivity contribution in [3.05, 3.63) is 83.9 Å². The first-order chi connectivity index (χ1) is 13.3. The Hall–Kier alpha value is -3.14. The van der Waals surface area contributed by atoms with Gasteiger partial charge in [0.2, 0.25) is 0 Å². The van der Waals surface area contributed by atoms with Gasteiger partial charge < -0.3 is 19.1 Å². The lowest BCUT2D eigenvalue weighted by molar-refractivity contribution is -0.238. The molecule has 146 valence electrons. The third kappa shape index (κ3) is 5.19. The predicted octanol–water partition coefficient (Wildman–Crippen LogP) is 5.58. The molecule has 4 heteroatoms. The highest BCUT2D eigenvalue weighted by Gasteiger charge is 2.32. The van der Waals surface area contributed by atoms with Gasteiger partial charge in [-0.3, -0.25) is 0 Å². The minimum atomic E-state index is -1.33. The van der Waals surface area contributed by atoms with E-state index in [0.717, 1.165) is 16.8 Å². The van der Waals surface area contributed by atoms with Gasteiger partial charge in [-0.2, -0.15) is 0 Å². The van der Waals surface area contributed by atoms with Gasteiger partial charge in [0, 0.05) is 19.8 Å². The molecule has 4 nitrogen and oxygen atoms in total. The van der Waals surface area contributed by atoms with E-state index in [2.05, 4.69) is 0 Å². The number of benzene rings is 3. The summed E-state index contributed by atoms with van der Waals surface area (Å²) < 4.78 is 18.4. The van der Waals surface area contributed by atoms with Gasteiger partial charge in [0.15, 0.2) is 0 Å². The molecular weight excluding hydrogens is 350 g/mol. The fourth-order valence-electron chi connectivity index (χ4n) is 2.73. The molecule has 28 heavy (non-hydrogen) atoms. The molecule has 0 aliphatic carbocycles. The number of aryl methyl sites for hydroxylation is 2. The van der Waals surface area contributed by atoms with Gasteiger partial charge in [0.1, 0.15) is 17.2 Å². The Morgan fingerprint density at radius 1 is 0.571 bits per heavy atom. The molecule has 0 bridgehead atoms. The highest BCUT2D eigenvalue weighted by Crippen LogP contribution is 2.28. The Morgan fingerprint density at radius 2 is 0.893 bits per heavy atom. The van der Waals surface area contributed by atoms with Crippen molar-refractivity contribution in [2.45, 2.75) is 26.7 Å². The lowest BCUT2D eigenvalue weighted by Gasteiger charge is -2.31. The molecule has 0 aliphatic heterocycles. The van der Waals surface area contributed by atoms with E-state index in [1.807, 2.05) is 106 Å². The second kappa shape index (κ2) is 8.26. The molecular formula is C24H27NO3. The van der Waals surface area contributed by atoms with E-state index in [1.54, 1.807) is 6.92 Å². The van der Waals surface area contributed by atoms with E-state index in [0.29, 0.717) is 17.2 Å². The average molecular weight is 377 g/mol. The molecule has 0 amide bonds. The Balaban J connectivity index is 1.85. The Morgan fingerprint density at radius 3 is 1.21 bits per heavy atom. The van der Waals surface area contributed by atoms with Crippen LogP contribution < -0.4 is 19.1 Å². The fraction of sp³-hybridized carbons (Fsp3) is 0.250. The first-order valence-corrected chi connectivity index (χ1v) is 9.31. The van der Waals surface area contributed by atoms with Crippen LogP contribution in [-0.2, 0) is 0 Å². The summed E-state index contributed by atoms with van der Waals surface area (Å²) in [6.07, 6.45) is 0. The molecule has 0 spiro atoms. The first-order valence-electron chi connectivity index (χ1n) is 9.31. The van der Waals surface area contributed by atoms with E-state index >= 15 is 0 Å². The third-order valence-electron chi connectivity index (χ3n) is 4.30. The zero-order valence-electron chi connectivity index (χ0n) is 17.1. The number of anilines is 1. The third-order valence-corrected chi connectivity index (χ3v) is 4.30. The summed E-state index contributed by atoms with van der Waals surface area (Å²) >= 11 is 0. The molecule has 3 aromatic rings. The van der Waals surface area contributed by atoms with Crippen LogP contribution in [0.2, 0.25) is 0 Å². The maximum Gasteiger partial charge on any atom is 0.414 e. The van der Waals surface area contributed by atoms with Crippen molar-refractivity contribution in [3.8, 4) is 17.2 Å². The minimum Gasteiger partial charge on any atom is -0.421 e. The van der Waals surface area contributed by atoms with E-state index < -0.39 is 5.97 Å². The SMILES string of the molecule is Cc1ccc(OC(C)(Oc2ccc(C)cc2)Oc2ccc(N(C)C)cc2)cc1. The fourth-order valence-corrected chi connectivity index (χ4v) is 2.73. The summed E-state index contributed by atoms with van der Waals surface area (Å²) in [6.45, 7) is 5.84. The summed E-state index contributed by atoms with van der Waals surface area (Å²) in [5, 5.41) is 0. The Labute approximate surface area is 167 Å². The highest BCUT2D eigenvalue weighted by molar-refractivity contribution is 5.47. The summed E-state index contributed by atoms with van der Waals surface area (Å²) in [5.41, 5.74) is 3.41. The molecule has 0 fully saturated rings. The van der Waals surface area contributed by atoms with Crippen LogP contribution in [-0.4, -0.2) is 20.1 Å². The maximum absolute atomic E-state index is 6.14. The summed E-state index contributed by atoms with van der Waals surface area (Å²) in [7, 11) is 4.00. The van der Waals surface area contributed by atoms with Crippen LogP contribution in [0.4, 0.5) is 5.69 Å². The summed E-state index contributed by atoms with van der Waals surface area (Å²) in [5.74, 6) is 0.673. The zero-order valence-corrected chi connectivity index (χ0v) is 17.1. The molecule has 0 heterocycles. The molecule has 0 saturated carbocycles. The first kappa shape index (κ1) is 19.6. The van der Waals surface area contributed by atoms with Crippen molar-refractivity contribution in [1.29, 1.82) is 0 Å². The standard InChI is InChI=1S/C24H27NO3/c1-18-6-12-21(13-7-18)26-24(3,27-22-14-8-19(2)9-15-22)28-23-16-10-20(11-17-23)25(4)5/h6-17H,1-5H3. The number of rotatable bonds is 7. The van der Waals surface area contributed by atoms with Crippen molar-refractivity contribution in [2.75, 3.05) is 19.0 Å². The van der Waals surface area contributed by atoms with E-state index in [4.69, 9.17) is 14.2 Å². The number of ether oxygens (including phenoxy) is 3. The summed E-state index contributed by atoms with van der Waals surface area (Å²) in [4.78, 5) is 2.04. The predicted molar refractivity (Wildman–Crippen MR) is 113 cm³/mol. The lowest BCUT2D eigenvalue weighted by atomic mass is 10.2. The number of hydrogen-bond donors (Lipinski definition) is 0. The number of hydrogen-bond acceptors (Lipinski definition) is 4. The van der Waals surface area contributed by atoms with Gasteiger partial charge in [0.25, 0.3) is 0 Å². The molecule has 0 aromatic heterocycles. The van der Waals surface area contributed by atoms with Crippen molar-refractivity contribution < 1.29 is 14.2 Å². The van der Waals surface area contributed by atoms with Gasteiger partial charge in [-0.25, -0.2) is 0 Å². The van der Waals surface area contributed by atoms with Crippen molar-refractivity contribution in [3.63, 3.8) is 0 Å². The van der Waals surface area contributed by atoms with Crippen LogP contribution in [0.3, 0.4) is 0 Å². The van der Waals surface area contributed by atoms with Gasteiger partial charge in [-0.1, -0.05) is 35.4 Å². The van der Waals surface area contributed by atoms with Crippen LogP contribution in [0.5, 0.6) is 17.2 Å². The van der Waals surface area contributed by atoms with Crippen molar-refractivity contribution in [1.82, 2.24) is 0 Å². The Kier molecular flexibility index (Phi) is 5.78. The normalized spacial score (nSPS) is 11.0. The molecule has 3 rings (SSSR count). The maximum atomic E-state index is 6.14.